The molecule has 0 heterocycles. The Balaban J connectivity index is 2.59. The van der Waals surface area contributed by atoms with Gasteiger partial charge in [-0.2, -0.15) is 0 Å². The number of carbonyl (C=O) groups excluding carboxylic acids is 1. The van der Waals surface area contributed by atoms with E-state index in [1.165, 1.54) is 0 Å². The fraction of sp³-hybridized carbons (Fsp3) is 0.333. The van der Waals surface area contributed by atoms with Gasteiger partial charge in [-0.05, 0) is 34.6 Å². The number of aliphatic imine (C=N–C) groups is 1. The lowest BCUT2D eigenvalue weighted by molar-refractivity contribution is -0.160. The highest BCUT2D eigenvalue weighted by molar-refractivity contribution is 6.13. The number of nitrogens with zero attached hydrogens (tertiary/aromatic N) is 1. The molecule has 0 saturated carbocycles. The molecule has 3 nitrogen and oxygen atoms in total. The van der Waals surface area contributed by atoms with Crippen molar-refractivity contribution in [3.8, 4) is 0 Å². The molecule has 27 heavy (non-hydrogen) atoms. The van der Waals surface area contributed by atoms with E-state index in [0.717, 1.165) is 16.8 Å². The molecule has 0 fully saturated rings. The molecule has 0 spiro atoms. The van der Waals surface area contributed by atoms with Crippen molar-refractivity contribution in [3.05, 3.63) is 83.9 Å². The summed E-state index contributed by atoms with van der Waals surface area (Å²) in [4.78, 5) is 18.0. The molecule has 0 amide bonds. The fourth-order valence-electron chi connectivity index (χ4n) is 2.64. The van der Waals surface area contributed by atoms with Gasteiger partial charge in [-0.25, -0.2) is 4.79 Å². The summed E-state index contributed by atoms with van der Waals surface area (Å²) in [5.41, 5.74) is 1.15. The van der Waals surface area contributed by atoms with Crippen LogP contribution < -0.4 is 0 Å². The molecule has 0 aliphatic heterocycles. The van der Waals surface area contributed by atoms with Crippen LogP contribution in [0.4, 0.5) is 0 Å². The molecule has 0 aliphatic carbocycles. The molecule has 0 saturated heterocycles. The SMILES string of the molecule is CC=CCC(C)(N=C(c1ccccc1)c1ccccc1)C(=O)OC(C)(C)C. The molecule has 0 N–H and O–H groups in total. The molecule has 0 bridgehead atoms. The predicted molar refractivity (Wildman–Crippen MR) is 112 cm³/mol. The standard InChI is InChI=1S/C24H29NO2/c1-6-7-18-24(5,22(26)27-23(2,3)4)25-21(19-14-10-8-11-15-19)20-16-12-9-13-17-20/h6-17H,18H2,1-5H3. The first-order valence-corrected chi connectivity index (χ1v) is 9.30. The molecule has 3 heteroatoms. The number of hydrogen-bond donors (Lipinski definition) is 0. The Labute approximate surface area is 162 Å². The summed E-state index contributed by atoms with van der Waals surface area (Å²) in [6, 6.07) is 19.9. The minimum atomic E-state index is -1.01. The molecule has 142 valence electrons. The molecule has 2 aromatic rings. The minimum Gasteiger partial charge on any atom is -0.458 e. The van der Waals surface area contributed by atoms with Crippen LogP contribution in [0.25, 0.3) is 0 Å². The summed E-state index contributed by atoms with van der Waals surface area (Å²) in [5, 5.41) is 0. The maximum absolute atomic E-state index is 13.0. The quantitative estimate of drug-likeness (QED) is 0.381. The molecule has 1 atom stereocenters. The Morgan fingerprint density at radius 2 is 1.41 bits per heavy atom. The molecule has 0 radical (unpaired) electrons. The van der Waals surface area contributed by atoms with Gasteiger partial charge >= 0.3 is 5.97 Å². The van der Waals surface area contributed by atoms with E-state index in [2.05, 4.69) is 0 Å². The van der Waals surface area contributed by atoms with Crippen LogP contribution in [0.15, 0.2) is 77.8 Å². The average molecular weight is 364 g/mol. The summed E-state index contributed by atoms with van der Waals surface area (Å²) >= 11 is 0. The van der Waals surface area contributed by atoms with E-state index in [1.807, 2.05) is 107 Å². The van der Waals surface area contributed by atoms with Gasteiger partial charge in [-0.15, -0.1) is 0 Å². The average Bonchev–Trinajstić information content (AvgIpc) is 2.64. The third-order valence-corrected chi connectivity index (χ3v) is 4.04. The summed E-state index contributed by atoms with van der Waals surface area (Å²) in [6.45, 7) is 9.40. The number of rotatable bonds is 6. The smallest absolute Gasteiger partial charge is 0.334 e. The predicted octanol–water partition coefficient (Wildman–Crippen LogP) is 5.59. The van der Waals surface area contributed by atoms with Gasteiger partial charge in [0.1, 0.15) is 5.60 Å². The van der Waals surface area contributed by atoms with Gasteiger partial charge in [0.2, 0.25) is 0 Å². The van der Waals surface area contributed by atoms with Gasteiger partial charge in [0, 0.05) is 17.5 Å². The van der Waals surface area contributed by atoms with Crippen molar-refractivity contribution >= 4 is 11.7 Å². The van der Waals surface area contributed by atoms with Gasteiger partial charge in [0.05, 0.1) is 5.71 Å². The van der Waals surface area contributed by atoms with Gasteiger partial charge in [0.15, 0.2) is 5.54 Å². The highest BCUT2D eigenvalue weighted by Gasteiger charge is 2.36. The molecule has 2 rings (SSSR count). The van der Waals surface area contributed by atoms with Crippen LogP contribution in [0.5, 0.6) is 0 Å². The number of esters is 1. The van der Waals surface area contributed by atoms with Crippen molar-refractivity contribution in [3.63, 3.8) is 0 Å². The van der Waals surface area contributed by atoms with Crippen LogP contribution in [-0.4, -0.2) is 22.8 Å². The van der Waals surface area contributed by atoms with Crippen molar-refractivity contribution < 1.29 is 9.53 Å². The lowest BCUT2D eigenvalue weighted by Gasteiger charge is -2.29. The van der Waals surface area contributed by atoms with Crippen molar-refractivity contribution in [2.45, 2.75) is 52.2 Å². The fourth-order valence-corrected chi connectivity index (χ4v) is 2.64. The van der Waals surface area contributed by atoms with Crippen LogP contribution in [-0.2, 0) is 9.53 Å². The van der Waals surface area contributed by atoms with Crippen molar-refractivity contribution in [1.82, 2.24) is 0 Å². The highest BCUT2D eigenvalue weighted by atomic mass is 16.6. The lowest BCUT2D eigenvalue weighted by Crippen LogP contribution is -2.40. The lowest BCUT2D eigenvalue weighted by atomic mass is 9.95. The van der Waals surface area contributed by atoms with Gasteiger partial charge in [0.25, 0.3) is 0 Å². The van der Waals surface area contributed by atoms with Crippen molar-refractivity contribution in [2.24, 2.45) is 4.99 Å². The van der Waals surface area contributed by atoms with Gasteiger partial charge in [-0.1, -0.05) is 72.8 Å². The van der Waals surface area contributed by atoms with Crippen molar-refractivity contribution in [2.75, 3.05) is 0 Å². The second-order valence-electron chi connectivity index (χ2n) is 7.74. The van der Waals surface area contributed by atoms with Gasteiger partial charge < -0.3 is 4.74 Å². The monoisotopic (exact) mass is 363 g/mol. The van der Waals surface area contributed by atoms with E-state index in [1.54, 1.807) is 0 Å². The first-order valence-electron chi connectivity index (χ1n) is 9.30. The summed E-state index contributed by atoms with van der Waals surface area (Å²) in [6.07, 6.45) is 4.37. The third-order valence-electron chi connectivity index (χ3n) is 4.04. The molecular formula is C24H29NO2. The second-order valence-corrected chi connectivity index (χ2v) is 7.74. The zero-order valence-electron chi connectivity index (χ0n) is 16.9. The highest BCUT2D eigenvalue weighted by Crippen LogP contribution is 2.25. The Morgan fingerprint density at radius 3 is 1.81 bits per heavy atom. The first kappa shape index (κ1) is 20.6. The Morgan fingerprint density at radius 1 is 0.926 bits per heavy atom. The minimum absolute atomic E-state index is 0.322. The third kappa shape index (κ3) is 5.92. The number of carbonyl (C=O) groups is 1. The summed E-state index contributed by atoms with van der Waals surface area (Å²) in [5.74, 6) is -0.322. The van der Waals surface area contributed by atoms with Gasteiger partial charge in [-0.3, -0.25) is 4.99 Å². The molecule has 0 aromatic heterocycles. The van der Waals surface area contributed by atoms with Crippen LogP contribution in [0.3, 0.4) is 0 Å². The van der Waals surface area contributed by atoms with Crippen LogP contribution in [0.2, 0.25) is 0 Å². The van der Waals surface area contributed by atoms with E-state index in [0.29, 0.717) is 6.42 Å². The maximum Gasteiger partial charge on any atom is 0.334 e. The van der Waals surface area contributed by atoms with E-state index >= 15 is 0 Å². The summed E-state index contributed by atoms with van der Waals surface area (Å²) in [7, 11) is 0. The van der Waals surface area contributed by atoms with Crippen molar-refractivity contribution in [1.29, 1.82) is 0 Å². The second kappa shape index (κ2) is 8.81. The van der Waals surface area contributed by atoms with E-state index in [-0.39, 0.29) is 5.97 Å². The Bertz CT molecular complexity index is 760. The normalized spacial score (nSPS) is 13.8. The number of allylic oxidation sites excluding steroid dienone is 1. The van der Waals surface area contributed by atoms with Crippen LogP contribution in [0.1, 0.15) is 52.2 Å². The zero-order valence-corrected chi connectivity index (χ0v) is 16.9. The Hall–Kier alpha value is -2.68. The van der Waals surface area contributed by atoms with Crippen LogP contribution in [0, 0.1) is 0 Å². The van der Waals surface area contributed by atoms with E-state index in [4.69, 9.17) is 9.73 Å². The largest absolute Gasteiger partial charge is 0.458 e. The molecule has 2 aromatic carbocycles. The first-order chi connectivity index (χ1) is 12.7. The number of hydrogen-bond acceptors (Lipinski definition) is 3. The number of ether oxygens (including phenoxy) is 1. The topological polar surface area (TPSA) is 38.7 Å². The summed E-state index contributed by atoms with van der Waals surface area (Å²) < 4.78 is 5.69. The maximum atomic E-state index is 13.0. The Kier molecular flexibility index (Phi) is 6.73. The number of benzene rings is 2. The van der Waals surface area contributed by atoms with Crippen LogP contribution >= 0.6 is 0 Å². The van der Waals surface area contributed by atoms with E-state index < -0.39 is 11.1 Å². The molecule has 0 aliphatic rings. The zero-order chi connectivity index (χ0) is 19.9. The van der Waals surface area contributed by atoms with E-state index in [9.17, 15) is 4.79 Å². The molecular weight excluding hydrogens is 334 g/mol. The molecule has 1 unspecified atom stereocenters.